The molecule has 0 atom stereocenters. The molecule has 0 aliphatic carbocycles. The largest absolute Gasteiger partial charge is 2.00 e. The van der Waals surface area contributed by atoms with Crippen LogP contribution >= 0.6 is 0 Å². The molecule has 0 aromatic rings. The van der Waals surface area contributed by atoms with Gasteiger partial charge in [0.15, 0.2) is 0 Å². The number of nitro groups is 2. The van der Waals surface area contributed by atoms with E-state index >= 15 is 0 Å². The van der Waals surface area contributed by atoms with Gasteiger partial charge in [0.2, 0.25) is 0 Å². The molecule has 0 fully saturated rings. The molecule has 48 valence electrons. The molecule has 8 heteroatoms. The molecular weight excluding hydrogens is 301 g/mol. The van der Waals surface area contributed by atoms with Crippen molar-refractivity contribution in [3.8, 4) is 0 Å². The maximum Gasteiger partial charge on any atom is 2.00 e. The molecule has 0 bridgehead atoms. The van der Waals surface area contributed by atoms with Gasteiger partial charge in [0, 0.05) is 10.1 Å². The summed E-state index contributed by atoms with van der Waals surface area (Å²) in [6, 6.07) is 0. The van der Waals surface area contributed by atoms with Crippen LogP contribution in [-0.2, 0) is 21.1 Å². The van der Waals surface area contributed by atoms with E-state index in [1.807, 2.05) is 0 Å². The van der Waals surface area contributed by atoms with E-state index in [0.29, 0.717) is 0 Å². The zero-order valence-corrected chi connectivity index (χ0v) is 5.56. The van der Waals surface area contributed by atoms with Crippen molar-refractivity contribution in [2.45, 2.75) is 0 Å². The van der Waals surface area contributed by atoms with Gasteiger partial charge in [0.05, 0.1) is 0 Å². The fourth-order valence-corrected chi connectivity index (χ4v) is 0.0596. The fraction of sp³-hybridized carbons (Fsp3) is 0. The third kappa shape index (κ3) is 8.99. The summed E-state index contributed by atoms with van der Waals surface area (Å²) in [5.41, 5.74) is 1.72. The first kappa shape index (κ1) is 10.3. The molecule has 0 spiro atoms. The molecule has 0 rings (SSSR count). The Labute approximate surface area is 57.6 Å². The van der Waals surface area contributed by atoms with Gasteiger partial charge < -0.3 is 0 Å². The molecule has 0 saturated carbocycles. The third-order valence-electron chi connectivity index (χ3n) is 0.146. The maximum atomic E-state index is 9.01. The second-order valence-corrected chi connectivity index (χ2v) is 0.565. The van der Waals surface area contributed by atoms with Crippen molar-refractivity contribution in [1.29, 1.82) is 0 Å². The van der Waals surface area contributed by atoms with Crippen molar-refractivity contribution in [3.63, 3.8) is 0 Å². The van der Waals surface area contributed by atoms with E-state index < -0.39 is 10.1 Å². The summed E-state index contributed by atoms with van der Waals surface area (Å²) in [5.74, 6) is 0. The summed E-state index contributed by atoms with van der Waals surface area (Å²) in [6.45, 7) is 0. The standard InChI is InChI=1S/N3O4.Pt/c4-2(5)1-3(6)7;/q-1;+2. The minimum Gasteiger partial charge on any atom is -0.264 e. The van der Waals surface area contributed by atoms with Crippen LogP contribution in [0.4, 0.5) is 0 Å². The third-order valence-corrected chi connectivity index (χ3v) is 0.146. The predicted molar refractivity (Wildman–Crippen MR) is 17.3 cm³/mol. The number of hydrogen-bond donors (Lipinski definition) is 0. The minimum atomic E-state index is -1.38. The molecule has 0 aromatic heterocycles. The van der Waals surface area contributed by atoms with Crippen LogP contribution in [0.2, 0.25) is 0 Å². The zero-order chi connectivity index (χ0) is 5.86. The van der Waals surface area contributed by atoms with Crippen molar-refractivity contribution >= 4 is 0 Å². The minimum absolute atomic E-state index is 0. The molecule has 0 radical (unpaired) electrons. The van der Waals surface area contributed by atoms with Crippen LogP contribution in [0.1, 0.15) is 0 Å². The SMILES string of the molecule is O=[N+]([O-])[N-][N+](=O)[O-].[Pt+2]. The molecule has 0 aromatic carbocycles. The Morgan fingerprint density at radius 3 is 1.38 bits per heavy atom. The average molecular weight is 301 g/mol. The van der Waals surface area contributed by atoms with Crippen LogP contribution in [0.15, 0.2) is 0 Å². The molecule has 0 heterocycles. The van der Waals surface area contributed by atoms with E-state index in [9.17, 15) is 0 Å². The van der Waals surface area contributed by atoms with Crippen LogP contribution in [0.3, 0.4) is 0 Å². The Bertz CT molecular complexity index is 87.5. The van der Waals surface area contributed by atoms with Crippen molar-refractivity contribution in [2.75, 3.05) is 0 Å². The quantitative estimate of drug-likeness (QED) is 0.518. The van der Waals surface area contributed by atoms with E-state index in [-0.39, 0.29) is 21.1 Å². The molecule has 0 aliphatic rings. The van der Waals surface area contributed by atoms with Crippen molar-refractivity contribution in [1.82, 2.24) is 0 Å². The summed E-state index contributed by atoms with van der Waals surface area (Å²) in [6.07, 6.45) is 0. The second-order valence-electron chi connectivity index (χ2n) is 0.565. The number of rotatable bonds is 2. The van der Waals surface area contributed by atoms with Crippen molar-refractivity contribution in [3.05, 3.63) is 25.8 Å². The molecule has 0 saturated heterocycles. The van der Waals surface area contributed by atoms with Gasteiger partial charge in [-0.2, -0.15) is 0 Å². The second kappa shape index (κ2) is 4.45. The first-order chi connectivity index (χ1) is 3.13. The van der Waals surface area contributed by atoms with E-state index in [1.54, 1.807) is 5.53 Å². The van der Waals surface area contributed by atoms with Crippen LogP contribution in [-0.4, -0.2) is 10.1 Å². The Kier molecular flexibility index (Phi) is 5.73. The Morgan fingerprint density at radius 2 is 1.38 bits per heavy atom. The topological polar surface area (TPSA) is 100 Å². The van der Waals surface area contributed by atoms with Gasteiger partial charge in [-0.25, -0.2) is 0 Å². The van der Waals surface area contributed by atoms with Crippen LogP contribution < -0.4 is 0 Å². The van der Waals surface area contributed by atoms with Gasteiger partial charge in [-0.1, -0.05) is 0 Å². The molecule has 8 heavy (non-hydrogen) atoms. The van der Waals surface area contributed by atoms with Crippen molar-refractivity contribution in [2.24, 2.45) is 0 Å². The Balaban J connectivity index is 0. The molecule has 0 aliphatic heterocycles. The number of nitrogens with zero attached hydrogens (tertiary/aromatic N) is 3. The van der Waals surface area contributed by atoms with Gasteiger partial charge in [0.25, 0.3) is 0 Å². The smallest absolute Gasteiger partial charge is 0.264 e. The van der Waals surface area contributed by atoms with Crippen LogP contribution in [0.5, 0.6) is 0 Å². The Hall–Kier alpha value is -0.712. The average Bonchev–Trinajstić information content (AvgIpc) is 1.27. The van der Waals surface area contributed by atoms with E-state index in [0.717, 1.165) is 0 Å². The first-order valence-corrected chi connectivity index (χ1v) is 1.13. The zero-order valence-electron chi connectivity index (χ0n) is 3.29. The van der Waals surface area contributed by atoms with Gasteiger partial charge in [-0.05, 0) is 5.53 Å². The molecule has 0 amide bonds. The fourth-order valence-electron chi connectivity index (χ4n) is 0.0596. The summed E-state index contributed by atoms with van der Waals surface area (Å²) in [7, 11) is 0. The molecule has 0 N–H and O–H groups in total. The van der Waals surface area contributed by atoms with Crippen LogP contribution in [0.25, 0.3) is 5.53 Å². The van der Waals surface area contributed by atoms with Gasteiger partial charge >= 0.3 is 21.1 Å². The van der Waals surface area contributed by atoms with Gasteiger partial charge in [-0.15, -0.1) is 0 Å². The first-order valence-electron chi connectivity index (χ1n) is 1.13. The number of hydrogen-bond acceptors (Lipinski definition) is 4. The molecule has 0 unspecified atom stereocenters. The molecule has 7 nitrogen and oxygen atoms in total. The van der Waals surface area contributed by atoms with E-state index in [2.05, 4.69) is 0 Å². The van der Waals surface area contributed by atoms with Crippen LogP contribution in [0, 0.1) is 20.2 Å². The van der Waals surface area contributed by atoms with Gasteiger partial charge in [-0.3, -0.25) is 20.2 Å². The summed E-state index contributed by atoms with van der Waals surface area (Å²) in [4.78, 5) is 18.0. The maximum absolute atomic E-state index is 9.01. The summed E-state index contributed by atoms with van der Waals surface area (Å²) < 4.78 is 0. The summed E-state index contributed by atoms with van der Waals surface area (Å²) in [5, 5.41) is 15.3. The normalized spacial score (nSPS) is 6.50. The van der Waals surface area contributed by atoms with Crippen molar-refractivity contribution < 1.29 is 31.1 Å². The Morgan fingerprint density at radius 1 is 1.12 bits per heavy atom. The van der Waals surface area contributed by atoms with E-state index in [4.69, 9.17) is 20.2 Å². The predicted octanol–water partition coefficient (Wildman–Crippen LogP) is -0.259. The molecular formula is N3O4Pt+. The summed E-state index contributed by atoms with van der Waals surface area (Å²) >= 11 is 0. The van der Waals surface area contributed by atoms with Gasteiger partial charge in [0.1, 0.15) is 0 Å². The monoisotopic (exact) mass is 301 g/mol. The van der Waals surface area contributed by atoms with E-state index in [1.165, 1.54) is 0 Å².